The number of alkyl halides is 3. The van der Waals surface area contributed by atoms with Crippen molar-refractivity contribution in [2.45, 2.75) is 6.18 Å². The summed E-state index contributed by atoms with van der Waals surface area (Å²) in [5.41, 5.74) is 2.69. The Morgan fingerprint density at radius 3 is 2.63 bits per heavy atom. The lowest BCUT2D eigenvalue weighted by molar-refractivity contribution is -0.153. The van der Waals surface area contributed by atoms with Gasteiger partial charge in [-0.25, -0.2) is 0 Å². The maximum absolute atomic E-state index is 12.1. The zero-order valence-corrected chi connectivity index (χ0v) is 10.7. The van der Waals surface area contributed by atoms with Gasteiger partial charge in [0.1, 0.15) is 5.75 Å². The summed E-state index contributed by atoms with van der Waals surface area (Å²) >= 11 is 1.56. The first-order valence-corrected chi connectivity index (χ1v) is 6.42. The molecule has 0 amide bonds. The number of rotatable bonds is 4. The van der Waals surface area contributed by atoms with Crippen molar-refractivity contribution in [2.24, 2.45) is 0 Å². The largest absolute Gasteiger partial charge is 0.484 e. The van der Waals surface area contributed by atoms with E-state index >= 15 is 0 Å². The Balaban J connectivity index is 2.24. The maximum Gasteiger partial charge on any atom is 0.422 e. The Labute approximate surface area is 113 Å². The van der Waals surface area contributed by atoms with E-state index in [1.165, 1.54) is 6.07 Å². The fraction of sp³-hybridized carbons (Fsp3) is 0.143. The average Bonchev–Trinajstić information content (AvgIpc) is 2.88. The molecule has 2 rings (SSSR count). The third kappa shape index (κ3) is 3.61. The van der Waals surface area contributed by atoms with Crippen LogP contribution in [0.15, 0.2) is 41.6 Å². The van der Waals surface area contributed by atoms with Crippen LogP contribution in [0.4, 0.5) is 13.2 Å². The molecule has 0 bridgehead atoms. The molecule has 0 radical (unpaired) electrons. The number of halogens is 3. The second kappa shape index (κ2) is 5.48. The molecule has 1 heterocycles. The number of ether oxygens (including phenoxy) is 1. The van der Waals surface area contributed by atoms with Gasteiger partial charge in [0, 0.05) is 0 Å². The smallest absolute Gasteiger partial charge is 0.422 e. The highest BCUT2D eigenvalue weighted by molar-refractivity contribution is 7.08. The van der Waals surface area contributed by atoms with Crippen LogP contribution in [0.3, 0.4) is 0 Å². The minimum Gasteiger partial charge on any atom is -0.484 e. The van der Waals surface area contributed by atoms with E-state index in [2.05, 4.69) is 6.58 Å². The maximum atomic E-state index is 12.1. The van der Waals surface area contributed by atoms with Crippen molar-refractivity contribution in [2.75, 3.05) is 6.61 Å². The first-order valence-electron chi connectivity index (χ1n) is 5.48. The third-order valence-corrected chi connectivity index (χ3v) is 3.16. The molecule has 0 N–H and O–H groups in total. The molecule has 1 aromatic carbocycles. The molecule has 1 aromatic heterocycles. The minimum atomic E-state index is -4.33. The fourth-order valence-electron chi connectivity index (χ4n) is 1.65. The first-order chi connectivity index (χ1) is 8.99. The van der Waals surface area contributed by atoms with E-state index in [0.29, 0.717) is 0 Å². The summed E-state index contributed by atoms with van der Waals surface area (Å²) in [6.45, 7) is 2.39. The van der Waals surface area contributed by atoms with Crippen LogP contribution in [0.2, 0.25) is 0 Å². The predicted molar refractivity (Wildman–Crippen MR) is 71.4 cm³/mol. The van der Waals surface area contributed by atoms with Crippen LogP contribution in [0.5, 0.6) is 5.75 Å². The van der Waals surface area contributed by atoms with E-state index < -0.39 is 12.8 Å². The highest BCUT2D eigenvalue weighted by Gasteiger charge is 2.28. The van der Waals surface area contributed by atoms with Crippen molar-refractivity contribution in [1.29, 1.82) is 0 Å². The lowest BCUT2D eigenvalue weighted by atomic mass is 10.0. The van der Waals surface area contributed by atoms with Crippen molar-refractivity contribution in [3.63, 3.8) is 0 Å². The molecule has 0 atom stereocenters. The molecule has 1 nitrogen and oxygen atoms in total. The summed E-state index contributed by atoms with van der Waals surface area (Å²) in [4.78, 5) is 0. The van der Waals surface area contributed by atoms with E-state index in [1.54, 1.807) is 29.5 Å². The van der Waals surface area contributed by atoms with E-state index in [0.717, 1.165) is 16.7 Å². The van der Waals surface area contributed by atoms with E-state index in [-0.39, 0.29) is 5.75 Å². The lowest BCUT2D eigenvalue weighted by Gasteiger charge is -2.11. The van der Waals surface area contributed by atoms with Gasteiger partial charge in [-0.3, -0.25) is 0 Å². The Morgan fingerprint density at radius 1 is 1.26 bits per heavy atom. The monoisotopic (exact) mass is 284 g/mol. The summed E-state index contributed by atoms with van der Waals surface area (Å²) < 4.78 is 41.0. The number of thiophene rings is 1. The van der Waals surface area contributed by atoms with Gasteiger partial charge in [-0.05, 0) is 45.6 Å². The van der Waals surface area contributed by atoms with Crippen LogP contribution in [0, 0.1) is 0 Å². The zero-order chi connectivity index (χ0) is 13.9. The van der Waals surface area contributed by atoms with Crippen LogP contribution in [0.1, 0.15) is 5.56 Å². The molecular weight excluding hydrogens is 273 g/mol. The van der Waals surface area contributed by atoms with Crippen LogP contribution in [-0.4, -0.2) is 12.8 Å². The lowest BCUT2D eigenvalue weighted by Crippen LogP contribution is -2.19. The Hall–Kier alpha value is -1.75. The van der Waals surface area contributed by atoms with Crippen molar-refractivity contribution in [1.82, 2.24) is 0 Å². The summed E-state index contributed by atoms with van der Waals surface area (Å²) in [7, 11) is 0. The summed E-state index contributed by atoms with van der Waals surface area (Å²) in [6.07, 6.45) is -2.73. The van der Waals surface area contributed by atoms with Gasteiger partial charge in [-0.2, -0.15) is 24.5 Å². The molecule has 5 heteroatoms. The Morgan fingerprint density at radius 2 is 2.05 bits per heavy atom. The summed E-state index contributed by atoms with van der Waals surface area (Å²) in [5.74, 6) is 0.186. The molecule has 0 spiro atoms. The molecule has 19 heavy (non-hydrogen) atoms. The van der Waals surface area contributed by atoms with Gasteiger partial charge >= 0.3 is 6.18 Å². The molecule has 2 aromatic rings. The number of hydrogen-bond donors (Lipinski definition) is 0. The van der Waals surface area contributed by atoms with Gasteiger partial charge in [0.15, 0.2) is 6.61 Å². The Bertz CT molecular complexity index is 559. The molecule has 100 valence electrons. The van der Waals surface area contributed by atoms with Crippen LogP contribution < -0.4 is 4.74 Å². The highest BCUT2D eigenvalue weighted by Crippen LogP contribution is 2.30. The molecule has 0 aliphatic carbocycles. The van der Waals surface area contributed by atoms with Gasteiger partial charge in [0.05, 0.1) is 0 Å². The quantitative estimate of drug-likeness (QED) is 0.767. The zero-order valence-electron chi connectivity index (χ0n) is 9.91. The van der Waals surface area contributed by atoms with Crippen LogP contribution >= 0.6 is 11.3 Å². The molecule has 0 saturated heterocycles. The average molecular weight is 284 g/mol. The molecule has 0 aliphatic rings. The topological polar surface area (TPSA) is 9.23 Å². The first kappa shape index (κ1) is 13.7. The molecular formula is C14H11F3OS. The van der Waals surface area contributed by atoms with Crippen LogP contribution in [-0.2, 0) is 0 Å². The SMILES string of the molecule is C=Cc1cc(OCC(F)(F)F)ccc1-c1ccsc1. The normalized spacial score (nSPS) is 11.3. The minimum absolute atomic E-state index is 0.186. The number of hydrogen-bond acceptors (Lipinski definition) is 2. The van der Waals surface area contributed by atoms with E-state index in [1.807, 2.05) is 16.8 Å². The second-order valence-electron chi connectivity index (χ2n) is 3.87. The van der Waals surface area contributed by atoms with E-state index in [4.69, 9.17) is 4.74 Å². The van der Waals surface area contributed by atoms with Gasteiger partial charge in [0.25, 0.3) is 0 Å². The van der Waals surface area contributed by atoms with Crippen molar-refractivity contribution in [3.8, 4) is 16.9 Å². The molecule has 0 aliphatic heterocycles. The van der Waals surface area contributed by atoms with Gasteiger partial charge in [-0.1, -0.05) is 18.7 Å². The second-order valence-corrected chi connectivity index (χ2v) is 4.65. The fourth-order valence-corrected chi connectivity index (χ4v) is 2.30. The third-order valence-electron chi connectivity index (χ3n) is 2.48. The predicted octanol–water partition coefficient (Wildman–Crippen LogP) is 5.00. The summed E-state index contributed by atoms with van der Waals surface area (Å²) in [6, 6.07) is 6.78. The van der Waals surface area contributed by atoms with Gasteiger partial charge in [-0.15, -0.1) is 0 Å². The van der Waals surface area contributed by atoms with E-state index in [9.17, 15) is 13.2 Å². The van der Waals surface area contributed by atoms with Crippen molar-refractivity contribution >= 4 is 17.4 Å². The van der Waals surface area contributed by atoms with Crippen molar-refractivity contribution in [3.05, 3.63) is 47.2 Å². The van der Waals surface area contributed by atoms with Gasteiger partial charge < -0.3 is 4.74 Å². The van der Waals surface area contributed by atoms with Gasteiger partial charge in [0.2, 0.25) is 0 Å². The molecule has 0 fully saturated rings. The molecule has 0 unspecified atom stereocenters. The number of benzene rings is 1. The van der Waals surface area contributed by atoms with Crippen molar-refractivity contribution < 1.29 is 17.9 Å². The Kier molecular flexibility index (Phi) is 3.95. The molecule has 0 saturated carbocycles. The standard InChI is InChI=1S/C14H11F3OS/c1-2-10-7-12(18-9-14(15,16)17)3-4-13(10)11-5-6-19-8-11/h2-8H,1,9H2. The highest BCUT2D eigenvalue weighted by atomic mass is 32.1. The van der Waals surface area contributed by atoms with Crippen LogP contribution in [0.25, 0.3) is 17.2 Å². The summed E-state index contributed by atoms with van der Waals surface area (Å²) in [5, 5.41) is 3.91.